The van der Waals surface area contributed by atoms with Crippen LogP contribution in [0, 0.1) is 25.2 Å². The molecular formula is C28H26N2O3. The second-order valence-corrected chi connectivity index (χ2v) is 7.79. The third-order valence-corrected chi connectivity index (χ3v) is 5.05. The first-order valence-electron chi connectivity index (χ1n) is 10.7. The molecule has 0 aliphatic carbocycles. The first kappa shape index (κ1) is 23.5. The smallest absolute Gasteiger partial charge is 0.338 e. The number of nitrogens with zero attached hydrogens (tertiary/aromatic N) is 1. The summed E-state index contributed by atoms with van der Waals surface area (Å²) in [6.07, 6.45) is 2.31. The van der Waals surface area contributed by atoms with Crippen LogP contribution in [0.2, 0.25) is 0 Å². The molecule has 0 saturated carbocycles. The summed E-state index contributed by atoms with van der Waals surface area (Å²) in [6.45, 7) is 6.17. The Balaban J connectivity index is 1.80. The molecular weight excluding hydrogens is 412 g/mol. The number of hydrogen-bond donors (Lipinski definition) is 1. The molecule has 1 N–H and O–H groups in total. The molecule has 0 saturated heterocycles. The fourth-order valence-electron chi connectivity index (χ4n) is 3.63. The van der Waals surface area contributed by atoms with Crippen molar-refractivity contribution >= 4 is 23.6 Å². The summed E-state index contributed by atoms with van der Waals surface area (Å²) in [4.78, 5) is 24.5. The van der Waals surface area contributed by atoms with Gasteiger partial charge in [0, 0.05) is 5.69 Å². The van der Waals surface area contributed by atoms with E-state index in [0.717, 1.165) is 11.1 Å². The molecule has 0 bridgehead atoms. The van der Waals surface area contributed by atoms with Crippen molar-refractivity contribution in [2.45, 2.75) is 27.2 Å². The van der Waals surface area contributed by atoms with Crippen molar-refractivity contribution in [2.75, 3.05) is 11.9 Å². The minimum atomic E-state index is -0.511. The lowest BCUT2D eigenvalue weighted by atomic mass is 9.96. The Morgan fingerprint density at radius 2 is 1.67 bits per heavy atom. The fraction of sp³-hybridized carbons (Fsp3) is 0.179. The van der Waals surface area contributed by atoms with Gasteiger partial charge in [0.05, 0.1) is 12.2 Å². The van der Waals surface area contributed by atoms with Crippen LogP contribution in [0.3, 0.4) is 0 Å². The maximum Gasteiger partial charge on any atom is 0.338 e. The standard InChI is InChI=1S/C28H26N2O3/c1-4-33-28(32)22-9-11-26(12-10-22)30-27(31)25(18-29)17-24-8-6-5-7-23(24)16-21-14-19(2)13-20(3)15-21/h5-15,17H,4,16H2,1-3H3,(H,30,31)/b25-17+. The van der Waals surface area contributed by atoms with E-state index in [0.29, 0.717) is 24.3 Å². The van der Waals surface area contributed by atoms with Crippen molar-refractivity contribution in [1.82, 2.24) is 0 Å². The highest BCUT2D eigenvalue weighted by atomic mass is 16.5. The number of anilines is 1. The number of benzene rings is 3. The molecule has 3 rings (SSSR count). The Bertz CT molecular complexity index is 1210. The lowest BCUT2D eigenvalue weighted by Crippen LogP contribution is -2.14. The Kier molecular flexibility index (Phi) is 7.77. The quantitative estimate of drug-likeness (QED) is 0.295. The largest absolute Gasteiger partial charge is 0.462 e. The number of amides is 1. The molecule has 3 aromatic carbocycles. The van der Waals surface area contributed by atoms with E-state index in [-0.39, 0.29) is 5.57 Å². The molecule has 0 aromatic heterocycles. The first-order valence-corrected chi connectivity index (χ1v) is 10.7. The highest BCUT2D eigenvalue weighted by Crippen LogP contribution is 2.20. The Morgan fingerprint density at radius 3 is 2.30 bits per heavy atom. The summed E-state index contributed by atoms with van der Waals surface area (Å²) in [5.41, 5.74) is 6.30. The zero-order chi connectivity index (χ0) is 23.8. The van der Waals surface area contributed by atoms with E-state index >= 15 is 0 Å². The van der Waals surface area contributed by atoms with E-state index in [4.69, 9.17) is 4.74 Å². The van der Waals surface area contributed by atoms with E-state index in [1.54, 1.807) is 37.3 Å². The predicted octanol–water partition coefficient (Wildman–Crippen LogP) is 5.62. The van der Waals surface area contributed by atoms with Crippen LogP contribution in [0.1, 0.15) is 45.1 Å². The van der Waals surface area contributed by atoms with Gasteiger partial charge in [-0.2, -0.15) is 5.26 Å². The Morgan fingerprint density at radius 1 is 1.00 bits per heavy atom. The van der Waals surface area contributed by atoms with Crippen molar-refractivity contribution in [3.05, 3.63) is 106 Å². The van der Waals surface area contributed by atoms with Crippen molar-refractivity contribution in [2.24, 2.45) is 0 Å². The van der Waals surface area contributed by atoms with Gasteiger partial charge < -0.3 is 10.1 Å². The van der Waals surface area contributed by atoms with Gasteiger partial charge in [-0.05, 0) is 74.2 Å². The number of nitriles is 1. The van der Waals surface area contributed by atoms with Crippen LogP contribution in [0.15, 0.2) is 72.3 Å². The van der Waals surface area contributed by atoms with Gasteiger partial charge in [0.1, 0.15) is 11.6 Å². The minimum Gasteiger partial charge on any atom is -0.462 e. The molecule has 0 aliphatic rings. The zero-order valence-corrected chi connectivity index (χ0v) is 19.0. The number of ether oxygens (including phenoxy) is 1. The minimum absolute atomic E-state index is 0.00246. The van der Waals surface area contributed by atoms with Crippen molar-refractivity contribution in [3.63, 3.8) is 0 Å². The molecule has 0 spiro atoms. The van der Waals surface area contributed by atoms with Crippen LogP contribution in [-0.4, -0.2) is 18.5 Å². The summed E-state index contributed by atoms with van der Waals surface area (Å²) in [5.74, 6) is -0.934. The van der Waals surface area contributed by atoms with E-state index < -0.39 is 11.9 Å². The highest BCUT2D eigenvalue weighted by Gasteiger charge is 2.12. The number of nitrogens with one attached hydrogen (secondary N) is 1. The summed E-state index contributed by atoms with van der Waals surface area (Å²) in [5, 5.41) is 12.3. The average Bonchev–Trinajstić information content (AvgIpc) is 2.78. The average molecular weight is 439 g/mol. The van der Waals surface area contributed by atoms with Crippen LogP contribution in [0.25, 0.3) is 6.08 Å². The monoisotopic (exact) mass is 438 g/mol. The molecule has 3 aromatic rings. The highest BCUT2D eigenvalue weighted by molar-refractivity contribution is 6.09. The van der Waals surface area contributed by atoms with E-state index in [2.05, 4.69) is 37.4 Å². The van der Waals surface area contributed by atoms with Crippen LogP contribution in [0.4, 0.5) is 5.69 Å². The number of aryl methyl sites for hydroxylation is 2. The van der Waals surface area contributed by atoms with Gasteiger partial charge in [0.25, 0.3) is 5.91 Å². The third-order valence-electron chi connectivity index (χ3n) is 5.05. The van der Waals surface area contributed by atoms with Crippen molar-refractivity contribution in [3.8, 4) is 6.07 Å². The summed E-state index contributed by atoms with van der Waals surface area (Å²) in [6, 6.07) is 22.5. The fourth-order valence-corrected chi connectivity index (χ4v) is 3.63. The van der Waals surface area contributed by atoms with Gasteiger partial charge in [-0.15, -0.1) is 0 Å². The van der Waals surface area contributed by atoms with E-state index in [1.165, 1.54) is 16.7 Å². The molecule has 0 aliphatic heterocycles. The molecule has 33 heavy (non-hydrogen) atoms. The second-order valence-electron chi connectivity index (χ2n) is 7.79. The van der Waals surface area contributed by atoms with Gasteiger partial charge in [0.15, 0.2) is 0 Å². The van der Waals surface area contributed by atoms with Crippen LogP contribution in [0.5, 0.6) is 0 Å². The molecule has 0 unspecified atom stereocenters. The van der Waals surface area contributed by atoms with Gasteiger partial charge in [-0.3, -0.25) is 4.79 Å². The van der Waals surface area contributed by atoms with Gasteiger partial charge in [-0.25, -0.2) is 4.79 Å². The topological polar surface area (TPSA) is 79.2 Å². The van der Waals surface area contributed by atoms with Gasteiger partial charge in [-0.1, -0.05) is 53.6 Å². The number of carbonyl (C=O) groups excluding carboxylic acids is 2. The van der Waals surface area contributed by atoms with Crippen molar-refractivity contribution in [1.29, 1.82) is 5.26 Å². The zero-order valence-electron chi connectivity index (χ0n) is 19.0. The third kappa shape index (κ3) is 6.41. The Hall–Kier alpha value is -4.17. The lowest BCUT2D eigenvalue weighted by molar-refractivity contribution is -0.112. The van der Waals surface area contributed by atoms with E-state index in [9.17, 15) is 14.9 Å². The maximum atomic E-state index is 12.7. The molecule has 5 heteroatoms. The molecule has 0 atom stereocenters. The molecule has 0 fully saturated rings. The van der Waals surface area contributed by atoms with Crippen LogP contribution in [-0.2, 0) is 16.0 Å². The second kappa shape index (κ2) is 10.9. The number of esters is 1. The molecule has 1 amide bonds. The molecule has 5 nitrogen and oxygen atoms in total. The molecule has 166 valence electrons. The van der Waals surface area contributed by atoms with Crippen LogP contribution < -0.4 is 5.32 Å². The molecule has 0 radical (unpaired) electrons. The number of hydrogen-bond acceptors (Lipinski definition) is 4. The number of carbonyl (C=O) groups is 2. The SMILES string of the molecule is CCOC(=O)c1ccc(NC(=O)/C(C#N)=C/c2ccccc2Cc2cc(C)cc(C)c2)cc1. The van der Waals surface area contributed by atoms with Crippen LogP contribution >= 0.6 is 0 Å². The maximum absolute atomic E-state index is 12.7. The van der Waals surface area contributed by atoms with Gasteiger partial charge in [0.2, 0.25) is 0 Å². The number of rotatable bonds is 7. The Labute approximate surface area is 194 Å². The van der Waals surface area contributed by atoms with Crippen molar-refractivity contribution < 1.29 is 14.3 Å². The summed E-state index contributed by atoms with van der Waals surface area (Å²) < 4.78 is 4.96. The summed E-state index contributed by atoms with van der Waals surface area (Å²) >= 11 is 0. The summed E-state index contributed by atoms with van der Waals surface area (Å²) in [7, 11) is 0. The molecule has 0 heterocycles. The first-order chi connectivity index (χ1) is 15.9. The van der Waals surface area contributed by atoms with Gasteiger partial charge >= 0.3 is 5.97 Å². The predicted molar refractivity (Wildman–Crippen MR) is 130 cm³/mol. The lowest BCUT2D eigenvalue weighted by Gasteiger charge is -2.10. The normalized spacial score (nSPS) is 10.9. The van der Waals surface area contributed by atoms with E-state index in [1.807, 2.05) is 30.3 Å².